The number of aromatic nitrogens is 2. The Morgan fingerprint density at radius 2 is 1.89 bits per heavy atom. The highest BCUT2D eigenvalue weighted by atomic mass is 32.2. The van der Waals surface area contributed by atoms with Crippen LogP contribution in [0.1, 0.15) is 5.56 Å². The molecule has 0 bridgehead atoms. The van der Waals surface area contributed by atoms with Crippen molar-refractivity contribution in [3.05, 3.63) is 29.8 Å². The molecule has 1 saturated heterocycles. The van der Waals surface area contributed by atoms with Crippen molar-refractivity contribution in [1.82, 2.24) is 20.4 Å². The number of hydrogen-bond donors (Lipinski definition) is 1. The summed E-state index contributed by atoms with van der Waals surface area (Å²) in [5, 5.41) is 11.7. The number of rotatable bonds is 7. The molecule has 28 heavy (non-hydrogen) atoms. The lowest BCUT2D eigenvalue weighted by Crippen LogP contribution is -2.50. The maximum absolute atomic E-state index is 12.4. The van der Waals surface area contributed by atoms with E-state index in [1.165, 1.54) is 23.1 Å². The average Bonchev–Trinajstić information content (AvgIpc) is 3.20. The second-order valence-corrected chi connectivity index (χ2v) is 8.46. The summed E-state index contributed by atoms with van der Waals surface area (Å²) >= 11 is 2.84. The van der Waals surface area contributed by atoms with Crippen LogP contribution in [-0.2, 0) is 9.59 Å². The molecular formula is C18H23N5O3S2. The van der Waals surface area contributed by atoms with Crippen LogP contribution in [0.5, 0.6) is 5.75 Å². The summed E-state index contributed by atoms with van der Waals surface area (Å²) in [6, 6.07) is 7.66. The van der Waals surface area contributed by atoms with Crippen LogP contribution in [-0.4, -0.2) is 72.5 Å². The lowest BCUT2D eigenvalue weighted by molar-refractivity contribution is -0.133. The van der Waals surface area contributed by atoms with Crippen LogP contribution in [0.3, 0.4) is 0 Å². The van der Waals surface area contributed by atoms with Crippen molar-refractivity contribution in [3.8, 4) is 5.75 Å². The molecule has 1 aromatic heterocycles. The standard InChI is InChI=1S/C18H23N5O3S2/c1-13-3-5-14(6-4-13)26-11-16(25)22-7-9-23(10-8-22)17-20-21-18(28-17)27-12-15(24)19-2/h3-6H,7-12H2,1-2H3,(H,19,24). The van der Waals surface area contributed by atoms with Gasteiger partial charge in [0.25, 0.3) is 5.91 Å². The van der Waals surface area contributed by atoms with E-state index in [4.69, 9.17) is 4.74 Å². The van der Waals surface area contributed by atoms with E-state index in [2.05, 4.69) is 20.4 Å². The molecule has 2 amide bonds. The van der Waals surface area contributed by atoms with Gasteiger partial charge in [0.1, 0.15) is 5.75 Å². The predicted molar refractivity (Wildman–Crippen MR) is 110 cm³/mol. The van der Waals surface area contributed by atoms with Crippen molar-refractivity contribution in [2.24, 2.45) is 0 Å². The molecule has 0 aliphatic carbocycles. The van der Waals surface area contributed by atoms with Gasteiger partial charge in [-0.05, 0) is 19.1 Å². The number of amides is 2. The molecule has 2 aromatic rings. The number of nitrogens with one attached hydrogen (secondary N) is 1. The maximum atomic E-state index is 12.4. The van der Waals surface area contributed by atoms with Crippen molar-refractivity contribution in [1.29, 1.82) is 0 Å². The van der Waals surface area contributed by atoms with Crippen LogP contribution in [0, 0.1) is 6.92 Å². The van der Waals surface area contributed by atoms with Crippen molar-refractivity contribution >= 4 is 40.0 Å². The maximum Gasteiger partial charge on any atom is 0.260 e. The molecule has 0 radical (unpaired) electrons. The molecule has 10 heteroatoms. The zero-order valence-corrected chi connectivity index (χ0v) is 17.5. The monoisotopic (exact) mass is 421 g/mol. The van der Waals surface area contributed by atoms with Gasteiger partial charge in [-0.1, -0.05) is 40.8 Å². The van der Waals surface area contributed by atoms with E-state index in [1.54, 1.807) is 7.05 Å². The zero-order valence-electron chi connectivity index (χ0n) is 15.9. The number of hydrogen-bond acceptors (Lipinski definition) is 8. The van der Waals surface area contributed by atoms with E-state index in [0.717, 1.165) is 15.0 Å². The fourth-order valence-electron chi connectivity index (χ4n) is 2.61. The Morgan fingerprint density at radius 1 is 1.18 bits per heavy atom. The number of ether oxygens (including phenoxy) is 1. The number of carbonyl (C=O) groups excluding carboxylic acids is 2. The van der Waals surface area contributed by atoms with Crippen molar-refractivity contribution in [3.63, 3.8) is 0 Å². The molecule has 1 fully saturated rings. The number of anilines is 1. The summed E-state index contributed by atoms with van der Waals surface area (Å²) < 4.78 is 6.35. The quantitative estimate of drug-likeness (QED) is 0.677. The van der Waals surface area contributed by atoms with Gasteiger partial charge in [0, 0.05) is 33.2 Å². The first kappa shape index (κ1) is 20.4. The third-order valence-corrected chi connectivity index (χ3v) is 6.40. The Labute approximate surface area is 172 Å². The largest absolute Gasteiger partial charge is 0.484 e. The predicted octanol–water partition coefficient (Wildman–Crippen LogP) is 1.41. The van der Waals surface area contributed by atoms with Gasteiger partial charge in [-0.2, -0.15) is 0 Å². The summed E-state index contributed by atoms with van der Waals surface area (Å²) in [6.07, 6.45) is 0. The number of carbonyl (C=O) groups is 2. The highest BCUT2D eigenvalue weighted by Gasteiger charge is 2.23. The van der Waals surface area contributed by atoms with Crippen molar-refractivity contribution < 1.29 is 14.3 Å². The molecular weight excluding hydrogens is 398 g/mol. The first-order chi connectivity index (χ1) is 13.5. The fourth-order valence-corrected chi connectivity index (χ4v) is 4.37. The Hall–Kier alpha value is -2.33. The van der Waals surface area contributed by atoms with E-state index in [-0.39, 0.29) is 18.4 Å². The molecule has 1 aliphatic heterocycles. The van der Waals surface area contributed by atoms with Crippen LogP contribution in [0.2, 0.25) is 0 Å². The number of piperazine rings is 1. The van der Waals surface area contributed by atoms with Gasteiger partial charge in [0.05, 0.1) is 5.75 Å². The summed E-state index contributed by atoms with van der Waals surface area (Å²) in [4.78, 5) is 27.6. The minimum atomic E-state index is -0.0401. The number of thioether (sulfide) groups is 1. The lowest BCUT2D eigenvalue weighted by Gasteiger charge is -2.34. The SMILES string of the molecule is CNC(=O)CSc1nnc(N2CCN(C(=O)COc3ccc(C)cc3)CC2)s1. The summed E-state index contributed by atoms with van der Waals surface area (Å²) in [7, 11) is 1.61. The third kappa shape index (κ3) is 5.59. The molecule has 0 unspecified atom stereocenters. The van der Waals surface area contributed by atoms with Gasteiger partial charge in [-0.15, -0.1) is 10.2 Å². The van der Waals surface area contributed by atoms with Crippen LogP contribution in [0.15, 0.2) is 28.6 Å². The van der Waals surface area contributed by atoms with E-state index in [1.807, 2.05) is 36.1 Å². The van der Waals surface area contributed by atoms with Gasteiger partial charge in [0.2, 0.25) is 11.0 Å². The molecule has 1 aromatic carbocycles. The molecule has 1 N–H and O–H groups in total. The fraction of sp³-hybridized carbons (Fsp3) is 0.444. The molecule has 0 spiro atoms. The minimum absolute atomic E-state index is 0.0145. The van der Waals surface area contributed by atoms with Crippen molar-refractivity contribution in [2.45, 2.75) is 11.3 Å². The lowest BCUT2D eigenvalue weighted by atomic mass is 10.2. The van der Waals surface area contributed by atoms with E-state index in [0.29, 0.717) is 37.7 Å². The highest BCUT2D eigenvalue weighted by Crippen LogP contribution is 2.28. The van der Waals surface area contributed by atoms with Gasteiger partial charge >= 0.3 is 0 Å². The number of aryl methyl sites for hydroxylation is 1. The molecule has 0 saturated carbocycles. The van der Waals surface area contributed by atoms with E-state index >= 15 is 0 Å². The molecule has 0 atom stereocenters. The minimum Gasteiger partial charge on any atom is -0.484 e. The Balaban J connectivity index is 1.43. The molecule has 8 nitrogen and oxygen atoms in total. The number of nitrogens with zero attached hydrogens (tertiary/aromatic N) is 4. The van der Waals surface area contributed by atoms with Crippen LogP contribution < -0.4 is 15.0 Å². The van der Waals surface area contributed by atoms with Crippen LogP contribution in [0.25, 0.3) is 0 Å². The smallest absolute Gasteiger partial charge is 0.260 e. The summed E-state index contributed by atoms with van der Waals surface area (Å²) in [5.41, 5.74) is 1.15. The topological polar surface area (TPSA) is 87.7 Å². The average molecular weight is 422 g/mol. The Bertz CT molecular complexity index is 804. The van der Waals surface area contributed by atoms with Gasteiger partial charge in [-0.25, -0.2) is 0 Å². The molecule has 2 heterocycles. The zero-order chi connectivity index (χ0) is 19.9. The molecule has 3 rings (SSSR count). The Kier molecular flexibility index (Phi) is 7.10. The first-order valence-electron chi connectivity index (χ1n) is 8.94. The van der Waals surface area contributed by atoms with Gasteiger partial charge < -0.3 is 19.9 Å². The van der Waals surface area contributed by atoms with E-state index in [9.17, 15) is 9.59 Å². The van der Waals surface area contributed by atoms with Crippen LogP contribution >= 0.6 is 23.1 Å². The molecule has 150 valence electrons. The van der Waals surface area contributed by atoms with Crippen molar-refractivity contribution in [2.75, 3.05) is 50.5 Å². The number of benzene rings is 1. The molecule has 1 aliphatic rings. The third-order valence-electron chi connectivity index (χ3n) is 4.29. The first-order valence-corrected chi connectivity index (χ1v) is 10.7. The second kappa shape index (κ2) is 9.74. The second-order valence-electron chi connectivity index (χ2n) is 6.28. The Morgan fingerprint density at radius 3 is 2.57 bits per heavy atom. The van der Waals surface area contributed by atoms with Gasteiger partial charge in [-0.3, -0.25) is 9.59 Å². The summed E-state index contributed by atoms with van der Waals surface area (Å²) in [6.45, 7) is 4.70. The van der Waals surface area contributed by atoms with Crippen LogP contribution in [0.4, 0.5) is 5.13 Å². The van der Waals surface area contributed by atoms with E-state index < -0.39 is 0 Å². The van der Waals surface area contributed by atoms with Gasteiger partial charge in [0.15, 0.2) is 10.9 Å². The summed E-state index contributed by atoms with van der Waals surface area (Å²) in [5.74, 6) is 0.975. The normalized spacial score (nSPS) is 14.1. The highest BCUT2D eigenvalue weighted by molar-refractivity contribution is 8.01.